The lowest BCUT2D eigenvalue weighted by Gasteiger charge is -2.18. The molecule has 1 saturated carbocycles. The third-order valence-corrected chi connectivity index (χ3v) is 3.76. The van der Waals surface area contributed by atoms with Gasteiger partial charge in [0.05, 0.1) is 0 Å². The Morgan fingerprint density at radius 3 is 2.74 bits per heavy atom. The van der Waals surface area contributed by atoms with Gasteiger partial charge in [-0.3, -0.25) is 4.79 Å². The number of amides is 1. The van der Waals surface area contributed by atoms with Gasteiger partial charge in [0.15, 0.2) is 0 Å². The largest absolute Gasteiger partial charge is 0.382 e. The summed E-state index contributed by atoms with van der Waals surface area (Å²) in [6.45, 7) is 3.88. The molecule has 0 bridgehead atoms. The van der Waals surface area contributed by atoms with E-state index in [1.54, 1.807) is 0 Å². The van der Waals surface area contributed by atoms with E-state index in [-0.39, 0.29) is 5.91 Å². The molecule has 4 N–H and O–H groups in total. The summed E-state index contributed by atoms with van der Waals surface area (Å²) in [5.74, 6) is 0.0446. The zero-order valence-corrected chi connectivity index (χ0v) is 11.7. The second kappa shape index (κ2) is 6.06. The normalized spacial score (nSPS) is 22.3. The summed E-state index contributed by atoms with van der Waals surface area (Å²) < 4.78 is 0. The Morgan fingerprint density at radius 2 is 2.11 bits per heavy atom. The zero-order valence-electron chi connectivity index (χ0n) is 11.7. The van der Waals surface area contributed by atoms with Crippen LogP contribution in [0.4, 0.5) is 11.4 Å². The van der Waals surface area contributed by atoms with Crippen molar-refractivity contribution in [1.29, 1.82) is 0 Å². The molecule has 2 unspecified atom stereocenters. The minimum Gasteiger partial charge on any atom is -0.382 e. The third-order valence-electron chi connectivity index (χ3n) is 3.76. The molecule has 1 aromatic carbocycles. The Morgan fingerprint density at radius 1 is 1.37 bits per heavy atom. The summed E-state index contributed by atoms with van der Waals surface area (Å²) in [7, 11) is 0. The predicted molar refractivity (Wildman–Crippen MR) is 79.3 cm³/mol. The Kier molecular flexibility index (Phi) is 4.43. The van der Waals surface area contributed by atoms with Gasteiger partial charge in [0.2, 0.25) is 5.91 Å². The zero-order chi connectivity index (χ0) is 13.8. The molecule has 1 amide bonds. The maximum absolute atomic E-state index is 11.5. The number of nitrogens with one attached hydrogen (secondary N) is 2. The van der Waals surface area contributed by atoms with E-state index in [1.165, 1.54) is 0 Å². The number of carbonyl (C=O) groups is 1. The van der Waals surface area contributed by atoms with Crippen LogP contribution in [-0.2, 0) is 4.79 Å². The monoisotopic (exact) mass is 261 g/mol. The highest BCUT2D eigenvalue weighted by atomic mass is 16.1. The summed E-state index contributed by atoms with van der Waals surface area (Å²) in [6, 6.07) is 6.73. The van der Waals surface area contributed by atoms with Gasteiger partial charge in [-0.15, -0.1) is 0 Å². The van der Waals surface area contributed by atoms with Crippen molar-refractivity contribution >= 4 is 17.3 Å². The molecule has 0 saturated heterocycles. The van der Waals surface area contributed by atoms with Crippen molar-refractivity contribution in [3.63, 3.8) is 0 Å². The lowest BCUT2D eigenvalue weighted by Crippen LogP contribution is -2.21. The molecule has 4 heteroatoms. The van der Waals surface area contributed by atoms with Gasteiger partial charge in [0.1, 0.15) is 0 Å². The first-order chi connectivity index (χ1) is 9.10. The van der Waals surface area contributed by atoms with Crippen LogP contribution < -0.4 is 16.4 Å². The van der Waals surface area contributed by atoms with Crippen molar-refractivity contribution in [2.24, 2.45) is 5.73 Å². The second-order valence-electron chi connectivity index (χ2n) is 5.29. The number of rotatable bonds is 4. The molecule has 1 aliphatic carbocycles. The highest BCUT2D eigenvalue weighted by Gasteiger charge is 2.22. The Labute approximate surface area is 114 Å². The molecule has 0 aliphatic heterocycles. The van der Waals surface area contributed by atoms with Crippen LogP contribution in [0.2, 0.25) is 0 Å². The molecule has 4 nitrogen and oxygen atoms in total. The number of carbonyl (C=O) groups excluding carboxylic acids is 1. The van der Waals surface area contributed by atoms with E-state index < -0.39 is 0 Å². The van der Waals surface area contributed by atoms with Gasteiger partial charge in [-0.1, -0.05) is 13.0 Å². The average molecular weight is 261 g/mol. The maximum atomic E-state index is 11.5. The van der Waals surface area contributed by atoms with Crippen molar-refractivity contribution in [2.45, 2.75) is 51.6 Å². The number of nitrogens with two attached hydrogens (primary N) is 1. The van der Waals surface area contributed by atoms with E-state index in [0.717, 1.165) is 36.2 Å². The van der Waals surface area contributed by atoms with Crippen molar-refractivity contribution in [2.75, 3.05) is 10.6 Å². The van der Waals surface area contributed by atoms with Gasteiger partial charge in [-0.05, 0) is 43.9 Å². The van der Waals surface area contributed by atoms with E-state index in [4.69, 9.17) is 5.73 Å². The summed E-state index contributed by atoms with van der Waals surface area (Å²) in [4.78, 5) is 11.5. The molecule has 0 spiro atoms. The van der Waals surface area contributed by atoms with Gasteiger partial charge in [0, 0.05) is 29.9 Å². The summed E-state index contributed by atoms with van der Waals surface area (Å²) in [5.41, 5.74) is 9.00. The Balaban J connectivity index is 2.08. The lowest BCUT2D eigenvalue weighted by molar-refractivity contribution is -0.115. The molecule has 0 heterocycles. The Hall–Kier alpha value is -1.55. The van der Waals surface area contributed by atoms with Gasteiger partial charge in [-0.2, -0.15) is 0 Å². The number of anilines is 2. The predicted octanol–water partition coefficient (Wildman–Crippen LogP) is 2.64. The van der Waals surface area contributed by atoms with Crippen LogP contribution in [-0.4, -0.2) is 18.0 Å². The molecule has 1 aromatic rings. The van der Waals surface area contributed by atoms with Crippen LogP contribution in [0.15, 0.2) is 18.2 Å². The first-order valence-electron chi connectivity index (χ1n) is 7.01. The van der Waals surface area contributed by atoms with E-state index in [9.17, 15) is 4.79 Å². The second-order valence-corrected chi connectivity index (χ2v) is 5.29. The minimum atomic E-state index is 0.0446. The van der Waals surface area contributed by atoms with Crippen molar-refractivity contribution in [3.8, 4) is 0 Å². The lowest BCUT2D eigenvalue weighted by atomic mass is 10.1. The number of benzene rings is 1. The van der Waals surface area contributed by atoms with E-state index in [2.05, 4.69) is 16.7 Å². The van der Waals surface area contributed by atoms with Crippen LogP contribution in [0, 0.1) is 6.92 Å². The Bertz CT molecular complexity index is 459. The molecule has 19 heavy (non-hydrogen) atoms. The van der Waals surface area contributed by atoms with Gasteiger partial charge >= 0.3 is 0 Å². The first-order valence-corrected chi connectivity index (χ1v) is 7.01. The van der Waals surface area contributed by atoms with Gasteiger partial charge < -0.3 is 16.4 Å². The standard InChI is InChI=1S/C15H23N3O/c1-3-15(19)18-14-6-4-5-13(10(14)2)17-12-8-7-11(16)9-12/h4-6,11-12,17H,3,7-9,16H2,1-2H3,(H,18,19). The molecule has 0 aromatic heterocycles. The molecule has 2 rings (SSSR count). The molecular weight excluding hydrogens is 238 g/mol. The molecule has 1 fully saturated rings. The van der Waals surface area contributed by atoms with Crippen molar-refractivity contribution in [1.82, 2.24) is 0 Å². The third kappa shape index (κ3) is 3.47. The molecular formula is C15H23N3O. The van der Waals surface area contributed by atoms with E-state index in [0.29, 0.717) is 18.5 Å². The average Bonchev–Trinajstić information content (AvgIpc) is 2.79. The fourth-order valence-corrected chi connectivity index (χ4v) is 2.53. The van der Waals surface area contributed by atoms with Crippen molar-refractivity contribution in [3.05, 3.63) is 23.8 Å². The van der Waals surface area contributed by atoms with Crippen molar-refractivity contribution < 1.29 is 4.79 Å². The summed E-state index contributed by atoms with van der Waals surface area (Å²) in [6.07, 6.45) is 3.72. The number of hydrogen-bond donors (Lipinski definition) is 3. The maximum Gasteiger partial charge on any atom is 0.224 e. The fourth-order valence-electron chi connectivity index (χ4n) is 2.53. The van der Waals surface area contributed by atoms with Crippen LogP contribution in [0.1, 0.15) is 38.2 Å². The molecule has 2 atom stereocenters. The van der Waals surface area contributed by atoms with Crippen LogP contribution in [0.5, 0.6) is 0 Å². The number of hydrogen-bond acceptors (Lipinski definition) is 3. The topological polar surface area (TPSA) is 67.2 Å². The van der Waals surface area contributed by atoms with Crippen LogP contribution in [0.3, 0.4) is 0 Å². The molecule has 1 aliphatic rings. The van der Waals surface area contributed by atoms with E-state index >= 15 is 0 Å². The fraction of sp³-hybridized carbons (Fsp3) is 0.533. The van der Waals surface area contributed by atoms with Crippen LogP contribution in [0.25, 0.3) is 0 Å². The molecule has 104 valence electrons. The highest BCUT2D eigenvalue weighted by molar-refractivity contribution is 5.92. The SMILES string of the molecule is CCC(=O)Nc1cccc(NC2CCC(N)C2)c1C. The highest BCUT2D eigenvalue weighted by Crippen LogP contribution is 2.27. The van der Waals surface area contributed by atoms with Gasteiger partial charge in [0.25, 0.3) is 0 Å². The first kappa shape index (κ1) is 13.9. The summed E-state index contributed by atoms with van der Waals surface area (Å²) in [5, 5.41) is 6.47. The summed E-state index contributed by atoms with van der Waals surface area (Å²) >= 11 is 0. The van der Waals surface area contributed by atoms with Gasteiger partial charge in [-0.25, -0.2) is 0 Å². The van der Waals surface area contributed by atoms with Crippen LogP contribution >= 0.6 is 0 Å². The smallest absolute Gasteiger partial charge is 0.224 e. The molecule has 0 radical (unpaired) electrons. The minimum absolute atomic E-state index is 0.0446. The quantitative estimate of drug-likeness (QED) is 0.780. The van der Waals surface area contributed by atoms with E-state index in [1.807, 2.05) is 26.0 Å².